The Kier molecular flexibility index (Phi) is 7.46. The molecule has 3 N–H and O–H groups in total. The van der Waals surface area contributed by atoms with E-state index in [4.69, 9.17) is 0 Å². The number of hydrogen-bond donors (Lipinski definition) is 3. The molecule has 0 aliphatic carbocycles. The maximum atomic E-state index is 11.7. The van der Waals surface area contributed by atoms with Crippen molar-refractivity contribution in [1.82, 2.24) is 15.5 Å². The van der Waals surface area contributed by atoms with Gasteiger partial charge in [0.05, 0.1) is 6.10 Å². The average molecular weight is 300 g/mol. The second-order valence-corrected chi connectivity index (χ2v) is 6.19. The van der Waals surface area contributed by atoms with E-state index in [1.54, 1.807) is 6.92 Å². The Balaban J connectivity index is 2.29. The summed E-state index contributed by atoms with van der Waals surface area (Å²) in [7, 11) is 0. The van der Waals surface area contributed by atoms with Gasteiger partial charge >= 0.3 is 6.03 Å². The molecule has 0 fully saturated rings. The molecule has 0 aromatic carbocycles. The zero-order chi connectivity index (χ0) is 15.0. The molecule has 0 aliphatic heterocycles. The van der Waals surface area contributed by atoms with E-state index in [1.807, 2.05) is 6.92 Å². The fourth-order valence-corrected chi connectivity index (χ4v) is 2.58. The summed E-state index contributed by atoms with van der Waals surface area (Å²) in [5, 5.41) is 24.1. The molecular formula is C13H24N4O2S. The molecule has 0 saturated heterocycles. The minimum absolute atomic E-state index is 0.232. The van der Waals surface area contributed by atoms with Crippen LogP contribution in [0.25, 0.3) is 0 Å². The summed E-state index contributed by atoms with van der Waals surface area (Å²) >= 11 is 1.41. The van der Waals surface area contributed by atoms with Crippen LogP contribution < -0.4 is 10.6 Å². The smallest absolute Gasteiger partial charge is 0.321 e. The summed E-state index contributed by atoms with van der Waals surface area (Å²) in [6.07, 6.45) is 3.42. The van der Waals surface area contributed by atoms with Gasteiger partial charge in [0.15, 0.2) is 0 Å². The van der Waals surface area contributed by atoms with Gasteiger partial charge < -0.3 is 10.4 Å². The molecule has 1 aromatic heterocycles. The number of amides is 2. The maximum absolute atomic E-state index is 11.7. The highest BCUT2D eigenvalue weighted by atomic mass is 32.1. The Morgan fingerprint density at radius 1 is 1.40 bits per heavy atom. The van der Waals surface area contributed by atoms with Crippen molar-refractivity contribution in [3.63, 3.8) is 0 Å². The van der Waals surface area contributed by atoms with Gasteiger partial charge in [-0.25, -0.2) is 4.79 Å². The predicted octanol–water partition coefficient (Wildman–Crippen LogP) is 2.41. The van der Waals surface area contributed by atoms with Gasteiger partial charge in [-0.15, -0.1) is 10.2 Å². The highest BCUT2D eigenvalue weighted by Crippen LogP contribution is 2.16. The number of urea groups is 1. The number of aryl methyl sites for hydroxylation is 1. The van der Waals surface area contributed by atoms with Crippen LogP contribution in [0.15, 0.2) is 0 Å². The van der Waals surface area contributed by atoms with Crippen LogP contribution in [0.1, 0.15) is 45.0 Å². The number of aliphatic hydroxyl groups is 1. The lowest BCUT2D eigenvalue weighted by Gasteiger charge is -2.13. The highest BCUT2D eigenvalue weighted by Gasteiger charge is 2.10. The lowest BCUT2D eigenvalue weighted by Crippen LogP contribution is -2.33. The van der Waals surface area contributed by atoms with Gasteiger partial charge in [0, 0.05) is 13.0 Å². The van der Waals surface area contributed by atoms with E-state index in [9.17, 15) is 9.90 Å². The van der Waals surface area contributed by atoms with Crippen LogP contribution in [0.2, 0.25) is 0 Å². The van der Waals surface area contributed by atoms with Gasteiger partial charge in [-0.2, -0.15) is 0 Å². The molecule has 2 amide bonds. The van der Waals surface area contributed by atoms with Crippen molar-refractivity contribution in [2.45, 2.75) is 52.6 Å². The molecule has 0 bridgehead atoms. The Labute approximate surface area is 124 Å². The van der Waals surface area contributed by atoms with Crippen molar-refractivity contribution in [2.24, 2.45) is 5.92 Å². The number of hydrogen-bond acceptors (Lipinski definition) is 5. The predicted molar refractivity (Wildman–Crippen MR) is 81.0 cm³/mol. The third kappa shape index (κ3) is 6.81. The minimum Gasteiger partial charge on any atom is -0.393 e. The molecule has 0 aliphatic rings. The third-order valence-electron chi connectivity index (χ3n) is 2.79. The number of nitrogens with zero attached hydrogens (tertiary/aromatic N) is 2. The molecule has 0 saturated carbocycles. The normalized spacial score (nSPS) is 13.8. The number of unbranched alkanes of at least 4 members (excludes halogenated alkanes) is 1. The molecule has 0 radical (unpaired) electrons. The molecule has 6 nitrogen and oxygen atoms in total. The van der Waals surface area contributed by atoms with Crippen LogP contribution in [0.5, 0.6) is 0 Å². The first-order valence-corrected chi connectivity index (χ1v) is 7.88. The van der Waals surface area contributed by atoms with E-state index in [0.29, 0.717) is 18.1 Å². The minimum atomic E-state index is -0.348. The second kappa shape index (κ2) is 8.86. The Morgan fingerprint density at radius 3 is 2.80 bits per heavy atom. The van der Waals surface area contributed by atoms with Crippen molar-refractivity contribution in [3.8, 4) is 0 Å². The number of anilines is 1. The van der Waals surface area contributed by atoms with Crippen LogP contribution >= 0.6 is 11.3 Å². The van der Waals surface area contributed by atoms with Gasteiger partial charge in [-0.1, -0.05) is 31.6 Å². The van der Waals surface area contributed by atoms with Gasteiger partial charge in [-0.05, 0) is 25.7 Å². The summed E-state index contributed by atoms with van der Waals surface area (Å²) in [6.45, 7) is 6.39. The molecule has 2 unspecified atom stereocenters. The number of carbonyl (C=O) groups is 1. The van der Waals surface area contributed by atoms with Crippen molar-refractivity contribution in [2.75, 3.05) is 11.9 Å². The van der Waals surface area contributed by atoms with E-state index in [-0.39, 0.29) is 18.1 Å². The number of nitrogens with one attached hydrogen (secondary N) is 2. The third-order valence-corrected chi connectivity index (χ3v) is 3.68. The van der Waals surface area contributed by atoms with Gasteiger partial charge in [-0.3, -0.25) is 5.32 Å². The molecular weight excluding hydrogens is 276 g/mol. The zero-order valence-corrected chi connectivity index (χ0v) is 13.2. The summed E-state index contributed by atoms with van der Waals surface area (Å²) in [6, 6.07) is -0.277. The molecule has 114 valence electrons. The van der Waals surface area contributed by atoms with Gasteiger partial charge in [0.25, 0.3) is 0 Å². The molecule has 1 rings (SSSR count). The van der Waals surface area contributed by atoms with E-state index >= 15 is 0 Å². The van der Waals surface area contributed by atoms with Crippen LogP contribution in [-0.2, 0) is 6.42 Å². The van der Waals surface area contributed by atoms with Crippen LogP contribution in [0, 0.1) is 5.92 Å². The zero-order valence-electron chi connectivity index (χ0n) is 12.3. The molecule has 1 aromatic rings. The largest absolute Gasteiger partial charge is 0.393 e. The van der Waals surface area contributed by atoms with Crippen molar-refractivity contribution in [3.05, 3.63) is 5.01 Å². The Hall–Kier alpha value is -1.21. The molecule has 2 atom stereocenters. The first kappa shape index (κ1) is 16.8. The summed E-state index contributed by atoms with van der Waals surface area (Å²) in [4.78, 5) is 11.7. The van der Waals surface area contributed by atoms with Gasteiger partial charge in [0.1, 0.15) is 5.01 Å². The van der Waals surface area contributed by atoms with Crippen molar-refractivity contribution < 1.29 is 9.90 Å². The van der Waals surface area contributed by atoms with E-state index in [0.717, 1.165) is 24.3 Å². The monoisotopic (exact) mass is 300 g/mol. The molecule has 0 spiro atoms. The standard InChI is InChI=1S/C13H24N4O2S/c1-4-5-6-11-16-17-13(20-11)15-12(19)14-8-9(2)7-10(3)18/h9-10,18H,4-8H2,1-3H3,(H2,14,15,17,19). The summed E-state index contributed by atoms with van der Waals surface area (Å²) in [5.74, 6) is 0.232. The lowest BCUT2D eigenvalue weighted by atomic mass is 10.1. The number of aliphatic hydroxyl groups excluding tert-OH is 1. The van der Waals surface area contributed by atoms with Crippen LogP contribution in [-0.4, -0.2) is 34.0 Å². The topological polar surface area (TPSA) is 87.1 Å². The fraction of sp³-hybridized carbons (Fsp3) is 0.769. The summed E-state index contributed by atoms with van der Waals surface area (Å²) in [5.41, 5.74) is 0. The lowest BCUT2D eigenvalue weighted by molar-refractivity contribution is 0.163. The van der Waals surface area contributed by atoms with E-state index < -0.39 is 0 Å². The molecule has 7 heteroatoms. The van der Waals surface area contributed by atoms with Crippen LogP contribution in [0.4, 0.5) is 9.93 Å². The van der Waals surface area contributed by atoms with E-state index in [1.165, 1.54) is 11.3 Å². The first-order chi connectivity index (χ1) is 9.51. The summed E-state index contributed by atoms with van der Waals surface area (Å²) < 4.78 is 0. The number of aromatic nitrogens is 2. The maximum Gasteiger partial charge on any atom is 0.321 e. The molecule has 1 heterocycles. The second-order valence-electron chi connectivity index (χ2n) is 5.13. The van der Waals surface area contributed by atoms with Crippen molar-refractivity contribution >= 4 is 22.5 Å². The van der Waals surface area contributed by atoms with Crippen molar-refractivity contribution in [1.29, 1.82) is 0 Å². The first-order valence-electron chi connectivity index (χ1n) is 7.06. The SMILES string of the molecule is CCCCc1nnc(NC(=O)NCC(C)CC(C)O)s1. The molecule has 20 heavy (non-hydrogen) atoms. The fourth-order valence-electron chi connectivity index (χ4n) is 1.81. The van der Waals surface area contributed by atoms with Crippen LogP contribution in [0.3, 0.4) is 0 Å². The number of rotatable bonds is 8. The van der Waals surface area contributed by atoms with Gasteiger partial charge in [0.2, 0.25) is 5.13 Å². The number of carbonyl (C=O) groups excluding carboxylic acids is 1. The quantitative estimate of drug-likeness (QED) is 0.688. The van der Waals surface area contributed by atoms with E-state index in [2.05, 4.69) is 27.8 Å². The Bertz CT molecular complexity index is 409. The average Bonchev–Trinajstić information content (AvgIpc) is 2.80. The Morgan fingerprint density at radius 2 is 2.15 bits per heavy atom. The highest BCUT2D eigenvalue weighted by molar-refractivity contribution is 7.15.